The lowest BCUT2D eigenvalue weighted by Gasteiger charge is -2.09. The topological polar surface area (TPSA) is 39.2 Å². The first kappa shape index (κ1) is 14.0. The summed E-state index contributed by atoms with van der Waals surface area (Å²) in [5, 5.41) is 0. The predicted molar refractivity (Wildman–Crippen MR) is 57.2 cm³/mol. The summed E-state index contributed by atoms with van der Waals surface area (Å²) in [7, 11) is 0. The Morgan fingerprint density at radius 3 is 2.76 bits per heavy atom. The molecule has 1 aromatic rings. The van der Waals surface area contributed by atoms with Crippen LogP contribution in [0.25, 0.3) is 0 Å². The van der Waals surface area contributed by atoms with Gasteiger partial charge in [0.15, 0.2) is 5.82 Å². The van der Waals surface area contributed by atoms with E-state index in [-0.39, 0.29) is 16.8 Å². The maximum absolute atomic E-state index is 13.4. The van der Waals surface area contributed by atoms with Gasteiger partial charge in [0.05, 0.1) is 18.6 Å². The number of carbonyl (C=O) groups is 1. The van der Waals surface area contributed by atoms with Crippen molar-refractivity contribution in [3.8, 4) is 0 Å². The Morgan fingerprint density at radius 2 is 2.24 bits per heavy atom. The molecular formula is C10H9BrF3NO2. The zero-order valence-electron chi connectivity index (χ0n) is 8.84. The quantitative estimate of drug-likeness (QED) is 0.634. The number of aromatic nitrogens is 1. The van der Waals surface area contributed by atoms with Crippen LogP contribution in [0.2, 0.25) is 0 Å². The van der Waals surface area contributed by atoms with Crippen molar-refractivity contribution < 1.29 is 22.7 Å². The number of alkyl halides is 2. The van der Waals surface area contributed by atoms with Gasteiger partial charge in [-0.05, 0) is 28.4 Å². The number of nitrogens with zero attached hydrogens (tertiary/aromatic N) is 1. The monoisotopic (exact) mass is 311 g/mol. The molecule has 94 valence electrons. The second-order valence-corrected chi connectivity index (χ2v) is 3.84. The Labute approximate surface area is 104 Å². The summed E-state index contributed by atoms with van der Waals surface area (Å²) in [6.07, 6.45) is -2.41. The van der Waals surface area contributed by atoms with Gasteiger partial charge in [0.2, 0.25) is 0 Å². The fourth-order valence-corrected chi connectivity index (χ4v) is 1.57. The van der Waals surface area contributed by atoms with E-state index in [1.807, 2.05) is 0 Å². The lowest BCUT2D eigenvalue weighted by Crippen LogP contribution is -2.11. The van der Waals surface area contributed by atoms with Crippen molar-refractivity contribution in [1.29, 1.82) is 0 Å². The highest BCUT2D eigenvalue weighted by Crippen LogP contribution is 2.29. The van der Waals surface area contributed by atoms with Crippen molar-refractivity contribution in [1.82, 2.24) is 4.98 Å². The molecule has 1 rings (SSSR count). The predicted octanol–water partition coefficient (Wildman–Crippen LogP) is 3.03. The first-order valence-corrected chi connectivity index (χ1v) is 5.53. The van der Waals surface area contributed by atoms with E-state index in [2.05, 4.69) is 25.7 Å². The molecule has 0 radical (unpaired) electrons. The number of hydrogen-bond acceptors (Lipinski definition) is 3. The van der Waals surface area contributed by atoms with Gasteiger partial charge in [-0.1, -0.05) is 0 Å². The van der Waals surface area contributed by atoms with Crippen molar-refractivity contribution in [3.05, 3.63) is 27.7 Å². The molecular weight excluding hydrogens is 303 g/mol. The van der Waals surface area contributed by atoms with Crippen LogP contribution in [0.4, 0.5) is 13.2 Å². The van der Waals surface area contributed by atoms with Crippen LogP contribution in [-0.4, -0.2) is 17.6 Å². The minimum atomic E-state index is -3.02. The average Bonchev–Trinajstić information content (AvgIpc) is 2.23. The van der Waals surface area contributed by atoms with Crippen LogP contribution in [0.3, 0.4) is 0 Å². The molecule has 0 fully saturated rings. The van der Waals surface area contributed by atoms with Gasteiger partial charge in [0.25, 0.3) is 6.43 Å². The number of pyridine rings is 1. The van der Waals surface area contributed by atoms with E-state index in [0.717, 1.165) is 6.20 Å². The second-order valence-electron chi connectivity index (χ2n) is 3.08. The smallest absolute Gasteiger partial charge is 0.310 e. The Morgan fingerprint density at radius 1 is 1.59 bits per heavy atom. The summed E-state index contributed by atoms with van der Waals surface area (Å²) in [5.74, 6) is -1.85. The first-order chi connectivity index (χ1) is 7.97. The van der Waals surface area contributed by atoms with Gasteiger partial charge in [-0.25, -0.2) is 18.2 Å². The molecule has 0 unspecified atom stereocenters. The zero-order chi connectivity index (χ0) is 13.0. The molecule has 7 heteroatoms. The number of ether oxygens (including phenoxy) is 1. The SMILES string of the molecule is CCOC(=O)Cc1cnc(Br)c(F)c1C(F)F. The normalized spacial score (nSPS) is 10.7. The van der Waals surface area contributed by atoms with Gasteiger partial charge in [-0.3, -0.25) is 4.79 Å². The summed E-state index contributed by atoms with van der Waals surface area (Å²) in [6, 6.07) is 0. The maximum atomic E-state index is 13.4. The van der Waals surface area contributed by atoms with Crippen LogP contribution in [0.5, 0.6) is 0 Å². The molecule has 1 aromatic heterocycles. The maximum Gasteiger partial charge on any atom is 0.310 e. The molecule has 1 heterocycles. The number of hydrogen-bond donors (Lipinski definition) is 0. The third-order valence-electron chi connectivity index (χ3n) is 1.96. The van der Waals surface area contributed by atoms with Crippen LogP contribution in [-0.2, 0) is 16.0 Å². The van der Waals surface area contributed by atoms with Crippen molar-refractivity contribution in [2.45, 2.75) is 19.8 Å². The fourth-order valence-electron chi connectivity index (χ4n) is 1.26. The Kier molecular flexibility index (Phi) is 4.92. The lowest BCUT2D eigenvalue weighted by atomic mass is 10.1. The van der Waals surface area contributed by atoms with Crippen molar-refractivity contribution in [2.75, 3.05) is 6.61 Å². The number of esters is 1. The first-order valence-electron chi connectivity index (χ1n) is 4.73. The third-order valence-corrected chi connectivity index (χ3v) is 2.51. The summed E-state index contributed by atoms with van der Waals surface area (Å²) in [5.41, 5.74) is -0.987. The molecule has 0 amide bonds. The molecule has 0 aliphatic heterocycles. The standard InChI is InChI=1S/C10H9BrF3NO2/c1-2-17-6(16)3-5-4-15-9(11)8(12)7(5)10(13)14/h4,10H,2-3H2,1H3. The minimum absolute atomic E-state index is 0.134. The minimum Gasteiger partial charge on any atom is -0.466 e. The number of carbonyl (C=O) groups excluding carboxylic acids is 1. The van der Waals surface area contributed by atoms with Crippen LogP contribution in [0, 0.1) is 5.82 Å². The van der Waals surface area contributed by atoms with Gasteiger partial charge >= 0.3 is 5.97 Å². The van der Waals surface area contributed by atoms with Crippen molar-refractivity contribution in [3.63, 3.8) is 0 Å². The Balaban J connectivity index is 3.07. The zero-order valence-corrected chi connectivity index (χ0v) is 10.4. The van der Waals surface area contributed by atoms with Crippen molar-refractivity contribution in [2.24, 2.45) is 0 Å². The van der Waals surface area contributed by atoms with Gasteiger partial charge in [0, 0.05) is 6.20 Å². The number of rotatable bonds is 4. The van der Waals surface area contributed by atoms with E-state index in [9.17, 15) is 18.0 Å². The molecule has 0 saturated carbocycles. The largest absolute Gasteiger partial charge is 0.466 e. The Bertz CT molecular complexity index is 426. The summed E-state index contributed by atoms with van der Waals surface area (Å²) in [6.45, 7) is 1.72. The van der Waals surface area contributed by atoms with E-state index in [1.165, 1.54) is 0 Å². The molecule has 0 aliphatic carbocycles. The van der Waals surface area contributed by atoms with Crippen LogP contribution in [0.15, 0.2) is 10.8 Å². The summed E-state index contributed by atoms with van der Waals surface area (Å²) in [4.78, 5) is 14.7. The van der Waals surface area contributed by atoms with Crippen LogP contribution in [0.1, 0.15) is 24.5 Å². The molecule has 0 bridgehead atoms. The van der Waals surface area contributed by atoms with Gasteiger partial charge in [-0.2, -0.15) is 0 Å². The van der Waals surface area contributed by atoms with Gasteiger partial charge < -0.3 is 4.74 Å². The molecule has 0 aliphatic rings. The van der Waals surface area contributed by atoms with E-state index in [4.69, 9.17) is 0 Å². The van der Waals surface area contributed by atoms with Crippen LogP contribution >= 0.6 is 15.9 Å². The van der Waals surface area contributed by atoms with Crippen LogP contribution < -0.4 is 0 Å². The highest BCUT2D eigenvalue weighted by Gasteiger charge is 2.23. The molecule has 0 saturated heterocycles. The Hall–Kier alpha value is -1.11. The molecule has 3 nitrogen and oxygen atoms in total. The second kappa shape index (κ2) is 6.00. The third kappa shape index (κ3) is 3.42. The molecule has 0 N–H and O–H groups in total. The average molecular weight is 312 g/mol. The van der Waals surface area contributed by atoms with Gasteiger partial charge in [-0.15, -0.1) is 0 Å². The molecule has 17 heavy (non-hydrogen) atoms. The molecule has 0 spiro atoms. The highest BCUT2D eigenvalue weighted by molar-refractivity contribution is 9.10. The fraction of sp³-hybridized carbons (Fsp3) is 0.400. The highest BCUT2D eigenvalue weighted by atomic mass is 79.9. The van der Waals surface area contributed by atoms with Crippen molar-refractivity contribution >= 4 is 21.9 Å². The van der Waals surface area contributed by atoms with E-state index in [1.54, 1.807) is 6.92 Å². The summed E-state index contributed by atoms with van der Waals surface area (Å²) < 4.78 is 43.0. The lowest BCUT2D eigenvalue weighted by molar-refractivity contribution is -0.142. The summed E-state index contributed by atoms with van der Waals surface area (Å²) >= 11 is 2.71. The van der Waals surface area contributed by atoms with E-state index < -0.39 is 30.2 Å². The van der Waals surface area contributed by atoms with E-state index >= 15 is 0 Å². The van der Waals surface area contributed by atoms with E-state index in [0.29, 0.717) is 0 Å². The number of halogens is 4. The molecule has 0 aromatic carbocycles. The molecule has 0 atom stereocenters. The van der Waals surface area contributed by atoms with Gasteiger partial charge in [0.1, 0.15) is 4.60 Å².